The summed E-state index contributed by atoms with van der Waals surface area (Å²) in [7, 11) is 0. The van der Waals surface area contributed by atoms with E-state index in [4.69, 9.17) is 0 Å². The van der Waals surface area contributed by atoms with Crippen molar-refractivity contribution in [2.75, 3.05) is 0 Å². The number of hydrogen-bond donors (Lipinski definition) is 0. The first kappa shape index (κ1) is 9.25. The van der Waals surface area contributed by atoms with Gasteiger partial charge in [0.25, 0.3) is 0 Å². The Morgan fingerprint density at radius 3 is 2.79 bits per heavy atom. The minimum Gasteiger partial charge on any atom is -0.272 e. The normalized spacial score (nSPS) is 11.4. The summed E-state index contributed by atoms with van der Waals surface area (Å²) in [5.74, 6) is 0.563. The monoisotopic (exact) mass is 188 g/mol. The first-order valence-electron chi connectivity index (χ1n) is 5.18. The molecule has 1 heterocycles. The molecule has 0 bridgehead atoms. The van der Waals surface area contributed by atoms with Crippen molar-refractivity contribution in [3.63, 3.8) is 0 Å². The number of aryl methyl sites for hydroxylation is 1. The molecule has 0 unspecified atom stereocenters. The van der Waals surface area contributed by atoms with Crippen LogP contribution >= 0.6 is 0 Å². The molecule has 0 saturated carbocycles. The van der Waals surface area contributed by atoms with Crippen LogP contribution < -0.4 is 0 Å². The molecule has 2 nitrogen and oxygen atoms in total. The van der Waals surface area contributed by atoms with Crippen molar-refractivity contribution in [2.45, 2.75) is 33.2 Å². The molecule has 0 atom stereocenters. The van der Waals surface area contributed by atoms with Gasteiger partial charge < -0.3 is 0 Å². The molecule has 0 N–H and O–H groups in total. The molecule has 0 spiro atoms. The van der Waals surface area contributed by atoms with Gasteiger partial charge >= 0.3 is 0 Å². The van der Waals surface area contributed by atoms with Crippen LogP contribution in [0.15, 0.2) is 24.4 Å². The molecular weight excluding hydrogens is 172 g/mol. The Balaban J connectivity index is 2.66. The van der Waals surface area contributed by atoms with Crippen LogP contribution in [0.2, 0.25) is 0 Å². The van der Waals surface area contributed by atoms with Gasteiger partial charge in [-0.2, -0.15) is 5.10 Å². The molecule has 0 aliphatic carbocycles. The van der Waals surface area contributed by atoms with Gasteiger partial charge in [-0.05, 0) is 24.5 Å². The summed E-state index contributed by atoms with van der Waals surface area (Å²) in [6.07, 6.45) is 2.14. The third-order valence-electron chi connectivity index (χ3n) is 2.58. The van der Waals surface area contributed by atoms with E-state index in [1.54, 1.807) is 0 Å². The maximum atomic E-state index is 4.49. The zero-order chi connectivity index (χ0) is 10.1. The Bertz CT molecular complexity index is 441. The van der Waals surface area contributed by atoms with Crippen molar-refractivity contribution in [3.05, 3.63) is 30.0 Å². The van der Waals surface area contributed by atoms with Gasteiger partial charge in [0, 0.05) is 18.1 Å². The molecule has 0 radical (unpaired) electrons. The zero-order valence-electron chi connectivity index (χ0n) is 8.99. The summed E-state index contributed by atoms with van der Waals surface area (Å²) in [5.41, 5.74) is 2.50. The lowest BCUT2D eigenvalue weighted by Gasteiger charge is -2.04. The lowest BCUT2D eigenvalue weighted by atomic mass is 10.00. The van der Waals surface area contributed by atoms with Gasteiger partial charge in [0.1, 0.15) is 0 Å². The molecule has 2 aromatic rings. The lowest BCUT2D eigenvalue weighted by Crippen LogP contribution is -1.92. The molecule has 74 valence electrons. The molecule has 1 aromatic heterocycles. The number of fused-ring (bicyclic) bond motifs is 1. The van der Waals surface area contributed by atoms with E-state index in [2.05, 4.69) is 50.3 Å². The smallest absolute Gasteiger partial charge is 0.0926 e. The third kappa shape index (κ3) is 1.41. The van der Waals surface area contributed by atoms with Gasteiger partial charge in [0.05, 0.1) is 5.52 Å². The highest BCUT2D eigenvalue weighted by Crippen LogP contribution is 2.24. The second kappa shape index (κ2) is 3.45. The number of nitrogens with zero attached hydrogens (tertiary/aromatic N) is 2. The third-order valence-corrected chi connectivity index (χ3v) is 2.58. The molecule has 0 aliphatic heterocycles. The van der Waals surface area contributed by atoms with E-state index in [1.807, 2.05) is 4.68 Å². The van der Waals surface area contributed by atoms with Crippen LogP contribution in [0.5, 0.6) is 0 Å². The standard InChI is InChI=1S/C12H16N2/c1-4-14-8-11-10(9(2)3)6-5-7-12(11)13-14/h5-9H,4H2,1-3H3. The van der Waals surface area contributed by atoms with Crippen molar-refractivity contribution in [1.82, 2.24) is 9.78 Å². The van der Waals surface area contributed by atoms with E-state index in [-0.39, 0.29) is 0 Å². The molecule has 0 aliphatic rings. The summed E-state index contributed by atoms with van der Waals surface area (Å²) >= 11 is 0. The number of hydrogen-bond acceptors (Lipinski definition) is 1. The van der Waals surface area contributed by atoms with Crippen LogP contribution in [0.3, 0.4) is 0 Å². The summed E-state index contributed by atoms with van der Waals surface area (Å²) in [6, 6.07) is 6.35. The summed E-state index contributed by atoms with van der Waals surface area (Å²) in [6.45, 7) is 7.49. The molecule has 2 rings (SSSR count). The van der Waals surface area contributed by atoms with E-state index in [0.29, 0.717) is 5.92 Å². The van der Waals surface area contributed by atoms with Crippen molar-refractivity contribution in [1.29, 1.82) is 0 Å². The highest BCUT2D eigenvalue weighted by atomic mass is 15.3. The molecule has 2 heteroatoms. The lowest BCUT2D eigenvalue weighted by molar-refractivity contribution is 0.668. The fourth-order valence-corrected chi connectivity index (χ4v) is 1.78. The van der Waals surface area contributed by atoms with Crippen molar-refractivity contribution in [3.8, 4) is 0 Å². The summed E-state index contributed by atoms with van der Waals surface area (Å²) in [4.78, 5) is 0. The van der Waals surface area contributed by atoms with Crippen LogP contribution in [0.4, 0.5) is 0 Å². The molecule has 0 fully saturated rings. The Morgan fingerprint density at radius 2 is 2.14 bits per heavy atom. The fraction of sp³-hybridized carbons (Fsp3) is 0.417. The van der Waals surface area contributed by atoms with Gasteiger partial charge in [-0.1, -0.05) is 26.0 Å². The average molecular weight is 188 g/mol. The average Bonchev–Trinajstić information content (AvgIpc) is 2.59. The van der Waals surface area contributed by atoms with E-state index in [0.717, 1.165) is 12.1 Å². The van der Waals surface area contributed by atoms with Crippen LogP contribution in [-0.4, -0.2) is 9.78 Å². The van der Waals surface area contributed by atoms with E-state index >= 15 is 0 Å². The minimum atomic E-state index is 0.563. The van der Waals surface area contributed by atoms with Crippen molar-refractivity contribution < 1.29 is 0 Å². The maximum Gasteiger partial charge on any atom is 0.0926 e. The SMILES string of the molecule is CCn1cc2c(C(C)C)cccc2n1. The van der Waals surface area contributed by atoms with E-state index < -0.39 is 0 Å². The maximum absolute atomic E-state index is 4.49. The van der Waals surface area contributed by atoms with Crippen LogP contribution in [0, 0.1) is 0 Å². The zero-order valence-corrected chi connectivity index (χ0v) is 8.99. The summed E-state index contributed by atoms with van der Waals surface area (Å²) < 4.78 is 2.00. The molecular formula is C12H16N2. The topological polar surface area (TPSA) is 17.8 Å². The van der Waals surface area contributed by atoms with Gasteiger partial charge in [-0.25, -0.2) is 0 Å². The molecule has 0 amide bonds. The highest BCUT2D eigenvalue weighted by molar-refractivity contribution is 5.82. The van der Waals surface area contributed by atoms with Gasteiger partial charge in [-0.3, -0.25) is 4.68 Å². The van der Waals surface area contributed by atoms with Gasteiger partial charge in [0.15, 0.2) is 0 Å². The highest BCUT2D eigenvalue weighted by Gasteiger charge is 2.07. The number of aromatic nitrogens is 2. The number of rotatable bonds is 2. The van der Waals surface area contributed by atoms with Crippen LogP contribution in [-0.2, 0) is 6.54 Å². The second-order valence-electron chi connectivity index (χ2n) is 3.92. The van der Waals surface area contributed by atoms with Crippen LogP contribution in [0.25, 0.3) is 10.9 Å². The van der Waals surface area contributed by atoms with E-state index in [1.165, 1.54) is 10.9 Å². The predicted molar refractivity (Wildman–Crippen MR) is 59.5 cm³/mol. The van der Waals surface area contributed by atoms with Gasteiger partial charge in [0.2, 0.25) is 0 Å². The molecule has 1 aromatic carbocycles. The van der Waals surface area contributed by atoms with Crippen molar-refractivity contribution in [2.24, 2.45) is 0 Å². The summed E-state index contributed by atoms with van der Waals surface area (Å²) in [5, 5.41) is 5.79. The largest absolute Gasteiger partial charge is 0.272 e. The Hall–Kier alpha value is -1.31. The molecule has 14 heavy (non-hydrogen) atoms. The van der Waals surface area contributed by atoms with Gasteiger partial charge in [-0.15, -0.1) is 0 Å². The minimum absolute atomic E-state index is 0.563. The molecule has 0 saturated heterocycles. The van der Waals surface area contributed by atoms with E-state index in [9.17, 15) is 0 Å². The quantitative estimate of drug-likeness (QED) is 0.707. The Kier molecular flexibility index (Phi) is 2.28. The van der Waals surface area contributed by atoms with Crippen LogP contribution in [0.1, 0.15) is 32.3 Å². The van der Waals surface area contributed by atoms with Crippen molar-refractivity contribution >= 4 is 10.9 Å². The fourth-order valence-electron chi connectivity index (χ4n) is 1.78. The first-order valence-corrected chi connectivity index (χ1v) is 5.18. The Morgan fingerprint density at radius 1 is 1.36 bits per heavy atom. The first-order chi connectivity index (χ1) is 6.72. The predicted octanol–water partition coefficient (Wildman–Crippen LogP) is 3.18. The Labute approximate surface area is 84.5 Å². The number of benzene rings is 1. The second-order valence-corrected chi connectivity index (χ2v) is 3.92.